The SMILES string of the molecule is CC1(C)Cc2nc(N3CCOC[C@@H]3Cc3coc4ccccc34)sc2-c2[nH]ncc21. The number of nitrogens with zero attached hydrogens (tertiary/aromatic N) is 3. The minimum Gasteiger partial charge on any atom is -0.464 e. The Labute approximate surface area is 178 Å². The second-order valence-corrected chi connectivity index (χ2v) is 9.85. The smallest absolute Gasteiger partial charge is 0.186 e. The van der Waals surface area contributed by atoms with E-state index in [9.17, 15) is 0 Å². The molecule has 6 rings (SSSR count). The van der Waals surface area contributed by atoms with E-state index in [2.05, 4.69) is 41.1 Å². The third kappa shape index (κ3) is 2.80. The van der Waals surface area contributed by atoms with E-state index in [0.717, 1.165) is 42.4 Å². The van der Waals surface area contributed by atoms with Gasteiger partial charge in [0.15, 0.2) is 5.13 Å². The molecule has 1 fully saturated rings. The third-order valence-electron chi connectivity index (χ3n) is 6.38. The van der Waals surface area contributed by atoms with Crippen molar-refractivity contribution in [2.75, 3.05) is 24.7 Å². The molecule has 1 aliphatic heterocycles. The van der Waals surface area contributed by atoms with Crippen LogP contribution in [0, 0.1) is 0 Å². The summed E-state index contributed by atoms with van der Waals surface area (Å²) in [4.78, 5) is 8.77. The van der Waals surface area contributed by atoms with E-state index in [0.29, 0.717) is 6.61 Å². The second kappa shape index (κ2) is 6.68. The average Bonchev–Trinajstić information content (AvgIpc) is 3.47. The number of rotatable bonds is 3. The van der Waals surface area contributed by atoms with E-state index in [4.69, 9.17) is 14.1 Å². The highest BCUT2D eigenvalue weighted by atomic mass is 32.1. The summed E-state index contributed by atoms with van der Waals surface area (Å²) in [6, 6.07) is 8.46. The number of nitrogens with one attached hydrogen (secondary N) is 1. The third-order valence-corrected chi connectivity index (χ3v) is 7.53. The maximum Gasteiger partial charge on any atom is 0.186 e. The number of aromatic amines is 1. The van der Waals surface area contributed by atoms with Gasteiger partial charge >= 0.3 is 0 Å². The number of hydrogen-bond donors (Lipinski definition) is 1. The number of ether oxygens (including phenoxy) is 1. The van der Waals surface area contributed by atoms with Gasteiger partial charge in [-0.1, -0.05) is 43.4 Å². The molecule has 0 saturated carbocycles. The molecule has 1 aliphatic carbocycles. The number of aromatic nitrogens is 3. The number of benzene rings is 1. The standard InChI is InChI=1S/C23H24N4O2S/c1-23(2)10-18-21(20-17(23)11-24-26-20)30-22(25-18)27-7-8-28-13-15(27)9-14-12-29-19-6-4-3-5-16(14)19/h3-6,11-12,15H,7-10,13H2,1-2H3,(H,24,26)/t15-/m0/s1. The maximum absolute atomic E-state index is 5.86. The van der Waals surface area contributed by atoms with Crippen molar-refractivity contribution in [2.45, 2.75) is 38.1 Å². The van der Waals surface area contributed by atoms with Crippen molar-refractivity contribution in [3.8, 4) is 10.6 Å². The van der Waals surface area contributed by atoms with Gasteiger partial charge in [0.25, 0.3) is 0 Å². The molecule has 4 aromatic rings. The Morgan fingerprint density at radius 1 is 1.30 bits per heavy atom. The molecule has 1 saturated heterocycles. The molecular weight excluding hydrogens is 396 g/mol. The molecule has 154 valence electrons. The van der Waals surface area contributed by atoms with Gasteiger partial charge < -0.3 is 14.1 Å². The lowest BCUT2D eigenvalue weighted by Crippen LogP contribution is -2.46. The van der Waals surface area contributed by atoms with Crippen molar-refractivity contribution in [1.82, 2.24) is 15.2 Å². The minimum atomic E-state index is 0.0425. The lowest BCUT2D eigenvalue weighted by molar-refractivity contribution is 0.0941. The van der Waals surface area contributed by atoms with Crippen molar-refractivity contribution in [3.63, 3.8) is 0 Å². The van der Waals surface area contributed by atoms with Gasteiger partial charge in [-0.05, 0) is 17.9 Å². The van der Waals surface area contributed by atoms with Gasteiger partial charge in [0.1, 0.15) is 5.58 Å². The highest BCUT2D eigenvalue weighted by Gasteiger charge is 2.36. The monoisotopic (exact) mass is 420 g/mol. The zero-order valence-corrected chi connectivity index (χ0v) is 18.0. The molecular formula is C23H24N4O2S. The average molecular weight is 421 g/mol. The first-order valence-corrected chi connectivity index (χ1v) is 11.3. The van der Waals surface area contributed by atoms with Crippen LogP contribution in [0.3, 0.4) is 0 Å². The fraction of sp³-hybridized carbons (Fsp3) is 0.391. The zero-order chi connectivity index (χ0) is 20.3. The number of hydrogen-bond acceptors (Lipinski definition) is 6. The normalized spacial score (nSPS) is 20.3. The van der Waals surface area contributed by atoms with Crippen molar-refractivity contribution in [2.24, 2.45) is 0 Å². The summed E-state index contributed by atoms with van der Waals surface area (Å²) in [6.45, 7) is 6.82. The molecule has 3 aromatic heterocycles. The minimum absolute atomic E-state index is 0.0425. The van der Waals surface area contributed by atoms with Gasteiger partial charge in [0.05, 0.1) is 48.0 Å². The fourth-order valence-corrected chi connectivity index (χ4v) is 5.97. The number of furan rings is 1. The van der Waals surface area contributed by atoms with Crippen LogP contribution in [0.25, 0.3) is 21.5 Å². The molecule has 0 spiro atoms. The van der Waals surface area contributed by atoms with E-state index >= 15 is 0 Å². The van der Waals surface area contributed by atoms with Crippen LogP contribution in [-0.4, -0.2) is 41.0 Å². The Balaban J connectivity index is 1.35. The number of H-pyrrole nitrogens is 1. The Kier molecular flexibility index (Phi) is 4.05. The predicted octanol–water partition coefficient (Wildman–Crippen LogP) is 4.56. The number of para-hydroxylation sites is 1. The molecule has 7 heteroatoms. The van der Waals surface area contributed by atoms with Crippen LogP contribution < -0.4 is 4.90 Å². The van der Waals surface area contributed by atoms with E-state index < -0.39 is 0 Å². The number of morpholine rings is 1. The van der Waals surface area contributed by atoms with E-state index in [1.165, 1.54) is 27.1 Å². The number of thiazole rings is 1. The molecule has 30 heavy (non-hydrogen) atoms. The van der Waals surface area contributed by atoms with Crippen LogP contribution in [0.1, 0.15) is 30.7 Å². The van der Waals surface area contributed by atoms with Gasteiger partial charge in [-0.3, -0.25) is 5.10 Å². The van der Waals surface area contributed by atoms with Crippen molar-refractivity contribution >= 4 is 27.4 Å². The topological polar surface area (TPSA) is 67.2 Å². The van der Waals surface area contributed by atoms with Crippen LogP contribution in [0.5, 0.6) is 0 Å². The summed E-state index contributed by atoms with van der Waals surface area (Å²) in [6.07, 6.45) is 5.68. The first-order chi connectivity index (χ1) is 14.6. The molecule has 4 heterocycles. The van der Waals surface area contributed by atoms with E-state index in [-0.39, 0.29) is 11.5 Å². The van der Waals surface area contributed by atoms with Gasteiger partial charge in [0.2, 0.25) is 0 Å². The van der Waals surface area contributed by atoms with Crippen LogP contribution in [0.4, 0.5) is 5.13 Å². The lowest BCUT2D eigenvalue weighted by atomic mass is 9.77. The van der Waals surface area contributed by atoms with Gasteiger partial charge in [-0.15, -0.1) is 0 Å². The summed E-state index contributed by atoms with van der Waals surface area (Å²) >= 11 is 1.77. The van der Waals surface area contributed by atoms with Crippen molar-refractivity contribution < 1.29 is 9.15 Å². The Hall–Kier alpha value is -2.64. The molecule has 1 aromatic carbocycles. The van der Waals surface area contributed by atoms with E-state index in [1.54, 1.807) is 11.3 Å². The van der Waals surface area contributed by atoms with Crippen molar-refractivity contribution in [3.05, 3.63) is 53.5 Å². The maximum atomic E-state index is 5.86. The Morgan fingerprint density at radius 2 is 2.20 bits per heavy atom. The van der Waals surface area contributed by atoms with Crippen LogP contribution in [0.2, 0.25) is 0 Å². The van der Waals surface area contributed by atoms with Crippen LogP contribution >= 0.6 is 11.3 Å². The first-order valence-electron chi connectivity index (χ1n) is 10.4. The summed E-state index contributed by atoms with van der Waals surface area (Å²) < 4.78 is 11.6. The lowest BCUT2D eigenvalue weighted by Gasteiger charge is -2.35. The number of anilines is 1. The molecule has 0 amide bonds. The first kappa shape index (κ1) is 18.2. The van der Waals surface area contributed by atoms with Gasteiger partial charge in [-0.25, -0.2) is 4.98 Å². The quantitative estimate of drug-likeness (QED) is 0.526. The second-order valence-electron chi connectivity index (χ2n) is 8.87. The molecule has 0 unspecified atom stereocenters. The largest absolute Gasteiger partial charge is 0.464 e. The summed E-state index contributed by atoms with van der Waals surface area (Å²) in [7, 11) is 0. The Bertz CT molecular complexity index is 1220. The Morgan fingerprint density at radius 3 is 3.13 bits per heavy atom. The molecule has 1 atom stereocenters. The van der Waals surface area contributed by atoms with E-state index in [1.807, 2.05) is 24.6 Å². The summed E-state index contributed by atoms with van der Waals surface area (Å²) in [5.41, 5.74) is 5.81. The van der Waals surface area contributed by atoms with Gasteiger partial charge in [-0.2, -0.15) is 5.10 Å². The summed E-state index contributed by atoms with van der Waals surface area (Å²) in [5.74, 6) is 0. The zero-order valence-electron chi connectivity index (χ0n) is 17.1. The van der Waals surface area contributed by atoms with Gasteiger partial charge in [0, 0.05) is 29.5 Å². The molecule has 6 nitrogen and oxygen atoms in total. The van der Waals surface area contributed by atoms with Crippen molar-refractivity contribution in [1.29, 1.82) is 0 Å². The van der Waals surface area contributed by atoms with Crippen LogP contribution in [-0.2, 0) is 23.0 Å². The molecule has 2 aliphatic rings. The summed E-state index contributed by atoms with van der Waals surface area (Å²) in [5, 5.41) is 9.81. The molecule has 0 radical (unpaired) electrons. The number of fused-ring (bicyclic) bond motifs is 4. The highest BCUT2D eigenvalue weighted by Crippen LogP contribution is 2.46. The molecule has 1 N–H and O–H groups in total. The van der Waals surface area contributed by atoms with Crippen LogP contribution in [0.15, 0.2) is 41.1 Å². The highest BCUT2D eigenvalue weighted by molar-refractivity contribution is 7.19. The molecule has 0 bridgehead atoms. The predicted molar refractivity (Wildman–Crippen MR) is 118 cm³/mol. The fourth-order valence-electron chi connectivity index (χ4n) is 4.78.